The first-order valence-electron chi connectivity index (χ1n) is 7.00. The highest BCUT2D eigenvalue weighted by molar-refractivity contribution is 6.30. The van der Waals surface area contributed by atoms with Crippen molar-refractivity contribution in [2.75, 3.05) is 11.9 Å². The van der Waals surface area contributed by atoms with Gasteiger partial charge < -0.3 is 4.90 Å². The molecule has 1 aliphatic rings. The van der Waals surface area contributed by atoms with Crippen LogP contribution in [0.3, 0.4) is 0 Å². The third-order valence-corrected chi connectivity index (χ3v) is 4.35. The summed E-state index contributed by atoms with van der Waals surface area (Å²) >= 11 is 5.89. The Kier molecular flexibility index (Phi) is 3.84. The topological polar surface area (TPSA) is 20.3 Å². The number of halogens is 4. The van der Waals surface area contributed by atoms with E-state index in [-0.39, 0.29) is 22.9 Å². The zero-order valence-corrected chi connectivity index (χ0v) is 12.9. The number of hydrogen-bond donors (Lipinski definition) is 0. The molecule has 120 valence electrons. The van der Waals surface area contributed by atoms with Crippen LogP contribution in [0.2, 0.25) is 5.02 Å². The van der Waals surface area contributed by atoms with Crippen LogP contribution in [0.5, 0.6) is 0 Å². The molecule has 0 radical (unpaired) electrons. The number of Topliss-reactive ketones (excluding diaryl/α,β-unsaturated/α-hetero) is 1. The summed E-state index contributed by atoms with van der Waals surface area (Å²) in [5, 5.41) is 0.220. The summed E-state index contributed by atoms with van der Waals surface area (Å²) < 4.78 is 39.8. The summed E-state index contributed by atoms with van der Waals surface area (Å²) in [7, 11) is 1.56. The number of rotatable bonds is 2. The Morgan fingerprint density at radius 3 is 2.57 bits per heavy atom. The second-order valence-corrected chi connectivity index (χ2v) is 5.94. The van der Waals surface area contributed by atoms with Crippen molar-refractivity contribution in [2.24, 2.45) is 0 Å². The fourth-order valence-corrected chi connectivity index (χ4v) is 3.15. The molecule has 2 nitrogen and oxygen atoms in total. The van der Waals surface area contributed by atoms with E-state index in [1.807, 2.05) is 0 Å². The van der Waals surface area contributed by atoms with Crippen molar-refractivity contribution in [2.45, 2.75) is 18.6 Å². The molecule has 0 saturated heterocycles. The molecule has 1 unspecified atom stereocenters. The lowest BCUT2D eigenvalue weighted by Crippen LogP contribution is -2.25. The number of anilines is 1. The molecule has 2 aromatic rings. The average Bonchev–Trinajstić information content (AvgIpc) is 2.83. The van der Waals surface area contributed by atoms with Crippen molar-refractivity contribution < 1.29 is 18.0 Å². The van der Waals surface area contributed by atoms with E-state index in [4.69, 9.17) is 11.6 Å². The van der Waals surface area contributed by atoms with E-state index in [1.54, 1.807) is 31.3 Å². The van der Waals surface area contributed by atoms with Crippen molar-refractivity contribution in [3.8, 4) is 0 Å². The Bertz CT molecular complexity index is 773. The van der Waals surface area contributed by atoms with E-state index in [2.05, 4.69) is 0 Å². The first-order chi connectivity index (χ1) is 10.8. The zero-order chi connectivity index (χ0) is 16.8. The molecule has 0 saturated carbocycles. The molecule has 1 atom stereocenters. The van der Waals surface area contributed by atoms with Gasteiger partial charge in [0.25, 0.3) is 0 Å². The molecule has 2 aromatic carbocycles. The van der Waals surface area contributed by atoms with Gasteiger partial charge in [-0.25, -0.2) is 0 Å². The Morgan fingerprint density at radius 2 is 1.87 bits per heavy atom. The van der Waals surface area contributed by atoms with Crippen molar-refractivity contribution in [3.63, 3.8) is 0 Å². The maximum atomic E-state index is 13.3. The number of hydrogen-bond acceptors (Lipinski definition) is 2. The highest BCUT2D eigenvalue weighted by Gasteiger charge is 2.38. The lowest BCUT2D eigenvalue weighted by molar-refractivity contribution is -0.137. The van der Waals surface area contributed by atoms with Crippen molar-refractivity contribution in [3.05, 3.63) is 64.2 Å². The van der Waals surface area contributed by atoms with Crippen LogP contribution in [-0.4, -0.2) is 12.8 Å². The Hall–Kier alpha value is -2.01. The van der Waals surface area contributed by atoms with Gasteiger partial charge in [-0.3, -0.25) is 4.79 Å². The van der Waals surface area contributed by atoms with Crippen molar-refractivity contribution in [1.29, 1.82) is 0 Å². The molecule has 0 spiro atoms. The summed E-state index contributed by atoms with van der Waals surface area (Å²) in [6.07, 6.45) is -4.34. The highest BCUT2D eigenvalue weighted by atomic mass is 35.5. The molecule has 23 heavy (non-hydrogen) atoms. The van der Waals surface area contributed by atoms with Crippen LogP contribution in [0.4, 0.5) is 18.9 Å². The summed E-state index contributed by atoms with van der Waals surface area (Å²) in [6.45, 7) is 0. The standard InChI is InChI=1S/C17H13ClF3NO/c1-22(14-9-16(23)12-5-3-2-4-11(12)14)15-8-10(18)6-7-13(15)17(19,20)21/h2-8,14H,9H2,1H3. The van der Waals surface area contributed by atoms with Crippen molar-refractivity contribution >= 4 is 23.1 Å². The maximum Gasteiger partial charge on any atom is 0.418 e. The van der Waals surface area contributed by atoms with Crippen LogP contribution in [0.25, 0.3) is 0 Å². The van der Waals surface area contributed by atoms with Crippen LogP contribution in [0, 0.1) is 0 Å². The number of nitrogens with zero attached hydrogens (tertiary/aromatic N) is 1. The quantitative estimate of drug-likeness (QED) is 0.756. The lowest BCUT2D eigenvalue weighted by atomic mass is 10.0. The zero-order valence-electron chi connectivity index (χ0n) is 12.2. The van der Waals surface area contributed by atoms with Gasteiger partial charge in [0.2, 0.25) is 0 Å². The second kappa shape index (κ2) is 5.57. The Labute approximate surface area is 136 Å². The normalized spacial score (nSPS) is 17.3. The van der Waals surface area contributed by atoms with E-state index >= 15 is 0 Å². The van der Waals surface area contributed by atoms with Gasteiger partial charge in [-0.2, -0.15) is 13.2 Å². The van der Waals surface area contributed by atoms with Gasteiger partial charge in [-0.05, 0) is 23.8 Å². The lowest BCUT2D eigenvalue weighted by Gasteiger charge is -2.29. The number of alkyl halides is 3. The third-order valence-electron chi connectivity index (χ3n) is 4.11. The van der Waals surface area contributed by atoms with Crippen LogP contribution in [0.15, 0.2) is 42.5 Å². The molecule has 3 rings (SSSR count). The number of ketones is 1. The molecule has 0 N–H and O–H groups in total. The minimum atomic E-state index is -4.49. The highest BCUT2D eigenvalue weighted by Crippen LogP contribution is 2.43. The van der Waals surface area contributed by atoms with Gasteiger partial charge in [-0.15, -0.1) is 0 Å². The predicted molar refractivity (Wildman–Crippen MR) is 83.0 cm³/mol. The molecular formula is C17H13ClF3NO. The third kappa shape index (κ3) is 2.81. The minimum absolute atomic E-state index is 0.0282. The second-order valence-electron chi connectivity index (χ2n) is 5.50. The first-order valence-corrected chi connectivity index (χ1v) is 7.38. The Balaban J connectivity index is 2.07. The van der Waals surface area contributed by atoms with Crippen LogP contribution in [-0.2, 0) is 6.18 Å². The molecule has 0 fully saturated rings. The largest absolute Gasteiger partial charge is 0.418 e. The number of benzene rings is 2. The van der Waals surface area contributed by atoms with E-state index in [0.29, 0.717) is 5.56 Å². The van der Waals surface area contributed by atoms with Gasteiger partial charge in [0.1, 0.15) is 0 Å². The summed E-state index contributed by atoms with van der Waals surface area (Å²) in [6, 6.07) is 10.0. The van der Waals surface area contributed by atoms with Gasteiger partial charge in [0.15, 0.2) is 5.78 Å². The minimum Gasteiger partial charge on any atom is -0.367 e. The summed E-state index contributed by atoms with van der Waals surface area (Å²) in [4.78, 5) is 13.6. The van der Waals surface area contributed by atoms with E-state index in [1.165, 1.54) is 17.0 Å². The molecule has 1 aliphatic carbocycles. The summed E-state index contributed by atoms with van der Waals surface area (Å²) in [5.74, 6) is -0.0620. The van der Waals surface area contributed by atoms with Gasteiger partial charge in [0.05, 0.1) is 17.3 Å². The SMILES string of the molecule is CN(c1cc(Cl)ccc1C(F)(F)F)C1CC(=O)c2ccccc21. The molecule has 0 amide bonds. The van der Waals surface area contributed by atoms with Crippen LogP contribution >= 0.6 is 11.6 Å². The van der Waals surface area contributed by atoms with Gasteiger partial charge in [-0.1, -0.05) is 35.9 Å². The molecule has 0 aliphatic heterocycles. The molecule has 0 bridgehead atoms. The maximum absolute atomic E-state index is 13.3. The first kappa shape index (κ1) is 15.9. The fraction of sp³-hybridized carbons (Fsp3) is 0.235. The van der Waals surface area contributed by atoms with Gasteiger partial charge in [0, 0.05) is 24.1 Å². The monoisotopic (exact) mass is 339 g/mol. The fourth-order valence-electron chi connectivity index (χ4n) is 2.99. The number of fused-ring (bicyclic) bond motifs is 1. The van der Waals surface area contributed by atoms with E-state index in [9.17, 15) is 18.0 Å². The number of carbonyl (C=O) groups is 1. The predicted octanol–water partition coefficient (Wildman–Crippen LogP) is 5.12. The molecule has 0 heterocycles. The van der Waals surface area contributed by atoms with Gasteiger partial charge >= 0.3 is 6.18 Å². The molecule has 0 aromatic heterocycles. The van der Waals surface area contributed by atoms with Crippen molar-refractivity contribution in [1.82, 2.24) is 0 Å². The van der Waals surface area contributed by atoms with Crippen LogP contribution < -0.4 is 4.90 Å². The molecular weight excluding hydrogens is 327 g/mol. The smallest absolute Gasteiger partial charge is 0.367 e. The van der Waals surface area contributed by atoms with E-state index < -0.39 is 17.8 Å². The van der Waals surface area contributed by atoms with Crippen LogP contribution in [0.1, 0.15) is 33.9 Å². The Morgan fingerprint density at radius 1 is 1.17 bits per heavy atom. The number of carbonyl (C=O) groups excluding carboxylic acids is 1. The molecule has 6 heteroatoms. The summed E-state index contributed by atoms with van der Waals surface area (Å²) in [5.41, 5.74) is 0.522. The van der Waals surface area contributed by atoms with E-state index in [0.717, 1.165) is 11.6 Å². The average molecular weight is 340 g/mol.